The summed E-state index contributed by atoms with van der Waals surface area (Å²) >= 11 is 0. The maximum absolute atomic E-state index is 12.9. The molecule has 1 unspecified atom stereocenters. The van der Waals surface area contributed by atoms with Crippen molar-refractivity contribution in [2.75, 3.05) is 13.1 Å². The maximum atomic E-state index is 12.9. The van der Waals surface area contributed by atoms with E-state index >= 15 is 0 Å². The topological polar surface area (TPSA) is 81.2 Å². The molecule has 8 nitrogen and oxygen atoms in total. The van der Waals surface area contributed by atoms with Crippen molar-refractivity contribution in [3.8, 4) is 0 Å². The van der Waals surface area contributed by atoms with Crippen LogP contribution in [0.3, 0.4) is 0 Å². The molecule has 144 valence electrons. The van der Waals surface area contributed by atoms with Crippen LogP contribution in [0.5, 0.6) is 0 Å². The van der Waals surface area contributed by atoms with Crippen molar-refractivity contribution in [1.82, 2.24) is 34.3 Å². The standard InChI is InChI=1S/C17H21N7O.C2H6/c1-3-23-14(6-7-19-23)16(25)22-8-4-5-13(10-22)15-9-12(2)21-17-18-11-20-24(15)17;1-2/h6-7,9,11,13H,3-5,8,10H2,1-2H3;1-2H3. The Labute approximate surface area is 159 Å². The monoisotopic (exact) mass is 369 g/mol. The highest BCUT2D eigenvalue weighted by atomic mass is 16.2. The van der Waals surface area contributed by atoms with Gasteiger partial charge in [-0.15, -0.1) is 0 Å². The van der Waals surface area contributed by atoms with Gasteiger partial charge in [-0.3, -0.25) is 9.48 Å². The minimum atomic E-state index is 0.0460. The van der Waals surface area contributed by atoms with Gasteiger partial charge in [-0.2, -0.15) is 15.2 Å². The van der Waals surface area contributed by atoms with Gasteiger partial charge >= 0.3 is 0 Å². The summed E-state index contributed by atoms with van der Waals surface area (Å²) in [5.74, 6) is 0.883. The number of nitrogens with zero attached hydrogens (tertiary/aromatic N) is 7. The number of hydrogen-bond acceptors (Lipinski definition) is 5. The number of likely N-dealkylation sites (tertiary alicyclic amines) is 1. The highest BCUT2D eigenvalue weighted by Crippen LogP contribution is 2.28. The zero-order chi connectivity index (χ0) is 19.4. The van der Waals surface area contributed by atoms with E-state index in [9.17, 15) is 4.79 Å². The molecule has 1 aliphatic heterocycles. The van der Waals surface area contributed by atoms with Crippen molar-refractivity contribution in [1.29, 1.82) is 0 Å². The molecular formula is C19H27N7O. The molecule has 0 N–H and O–H groups in total. The number of carbonyl (C=O) groups excluding carboxylic acids is 1. The van der Waals surface area contributed by atoms with E-state index in [2.05, 4.69) is 26.2 Å². The Bertz CT molecular complexity index is 914. The van der Waals surface area contributed by atoms with E-state index in [1.807, 2.05) is 32.6 Å². The van der Waals surface area contributed by atoms with E-state index in [0.717, 1.165) is 30.8 Å². The van der Waals surface area contributed by atoms with Gasteiger partial charge in [0.15, 0.2) is 0 Å². The van der Waals surface area contributed by atoms with Crippen LogP contribution in [0.1, 0.15) is 61.4 Å². The van der Waals surface area contributed by atoms with Gasteiger partial charge in [0.25, 0.3) is 11.7 Å². The van der Waals surface area contributed by atoms with E-state index in [-0.39, 0.29) is 11.8 Å². The summed E-state index contributed by atoms with van der Waals surface area (Å²) in [6.45, 7) is 10.1. The molecule has 1 aliphatic rings. The van der Waals surface area contributed by atoms with Gasteiger partial charge in [-0.05, 0) is 38.8 Å². The number of rotatable bonds is 3. The predicted molar refractivity (Wildman–Crippen MR) is 103 cm³/mol. The van der Waals surface area contributed by atoms with E-state index in [1.165, 1.54) is 6.33 Å². The van der Waals surface area contributed by atoms with Crippen molar-refractivity contribution in [2.45, 2.75) is 53.0 Å². The molecular weight excluding hydrogens is 342 g/mol. The predicted octanol–water partition coefficient (Wildman–Crippen LogP) is 2.70. The van der Waals surface area contributed by atoms with Gasteiger partial charge in [-0.25, -0.2) is 9.50 Å². The van der Waals surface area contributed by atoms with Gasteiger partial charge in [0, 0.05) is 37.4 Å². The smallest absolute Gasteiger partial charge is 0.272 e. The quantitative estimate of drug-likeness (QED) is 0.709. The van der Waals surface area contributed by atoms with Gasteiger partial charge in [-0.1, -0.05) is 13.8 Å². The molecule has 27 heavy (non-hydrogen) atoms. The summed E-state index contributed by atoms with van der Waals surface area (Å²) in [7, 11) is 0. The molecule has 4 heterocycles. The minimum absolute atomic E-state index is 0.0460. The van der Waals surface area contributed by atoms with Crippen molar-refractivity contribution < 1.29 is 4.79 Å². The second kappa shape index (κ2) is 8.28. The lowest BCUT2D eigenvalue weighted by atomic mass is 9.94. The van der Waals surface area contributed by atoms with Crippen LogP contribution in [-0.2, 0) is 6.54 Å². The zero-order valence-electron chi connectivity index (χ0n) is 16.5. The van der Waals surface area contributed by atoms with Crippen LogP contribution in [0.2, 0.25) is 0 Å². The lowest BCUT2D eigenvalue weighted by Crippen LogP contribution is -2.40. The molecule has 3 aromatic rings. The van der Waals surface area contributed by atoms with Crippen molar-refractivity contribution in [3.05, 3.63) is 41.7 Å². The third-order valence-electron chi connectivity index (χ3n) is 4.77. The Morgan fingerprint density at radius 3 is 2.89 bits per heavy atom. The molecule has 0 aliphatic carbocycles. The Morgan fingerprint density at radius 1 is 1.30 bits per heavy atom. The van der Waals surface area contributed by atoms with Gasteiger partial charge in [0.1, 0.15) is 12.0 Å². The lowest BCUT2D eigenvalue weighted by molar-refractivity contribution is 0.0692. The molecule has 0 bridgehead atoms. The molecule has 1 atom stereocenters. The lowest BCUT2D eigenvalue weighted by Gasteiger charge is -2.33. The van der Waals surface area contributed by atoms with Gasteiger partial charge in [0.2, 0.25) is 0 Å². The Kier molecular flexibility index (Phi) is 5.83. The van der Waals surface area contributed by atoms with Crippen molar-refractivity contribution >= 4 is 11.7 Å². The second-order valence-electron chi connectivity index (χ2n) is 6.42. The van der Waals surface area contributed by atoms with Crippen LogP contribution in [0.4, 0.5) is 0 Å². The van der Waals surface area contributed by atoms with Crippen molar-refractivity contribution in [2.24, 2.45) is 0 Å². The van der Waals surface area contributed by atoms with Gasteiger partial charge < -0.3 is 4.90 Å². The molecule has 4 rings (SSSR count). The molecule has 0 spiro atoms. The SMILES string of the molecule is CC.CCn1nccc1C(=O)N1CCCC(c2cc(C)nc3ncnn23)C1. The molecule has 0 radical (unpaired) electrons. The molecule has 0 aromatic carbocycles. The van der Waals surface area contributed by atoms with E-state index in [4.69, 9.17) is 0 Å². The number of hydrogen-bond donors (Lipinski definition) is 0. The fourth-order valence-electron chi connectivity index (χ4n) is 3.58. The van der Waals surface area contributed by atoms with Crippen LogP contribution in [0, 0.1) is 6.92 Å². The summed E-state index contributed by atoms with van der Waals surface area (Å²) in [6.07, 6.45) is 5.20. The highest BCUT2D eigenvalue weighted by molar-refractivity contribution is 5.92. The summed E-state index contributed by atoms with van der Waals surface area (Å²) in [5.41, 5.74) is 2.64. The molecule has 1 fully saturated rings. The average Bonchev–Trinajstić information content (AvgIpc) is 3.37. The normalized spacial score (nSPS) is 16.9. The van der Waals surface area contributed by atoms with Crippen LogP contribution in [-0.4, -0.2) is 53.3 Å². The Balaban J connectivity index is 0.00000102. The van der Waals surface area contributed by atoms with E-state index in [0.29, 0.717) is 24.6 Å². The van der Waals surface area contributed by atoms with Gasteiger partial charge in [0.05, 0.1) is 5.69 Å². The van der Waals surface area contributed by atoms with Crippen LogP contribution in [0.15, 0.2) is 24.7 Å². The first-order valence-corrected chi connectivity index (χ1v) is 9.65. The largest absolute Gasteiger partial charge is 0.337 e. The minimum Gasteiger partial charge on any atom is -0.337 e. The van der Waals surface area contributed by atoms with Crippen LogP contribution in [0.25, 0.3) is 5.78 Å². The first-order valence-electron chi connectivity index (χ1n) is 9.65. The summed E-state index contributed by atoms with van der Waals surface area (Å²) in [6, 6.07) is 3.85. The number of amides is 1. The number of aryl methyl sites for hydroxylation is 2. The second-order valence-corrected chi connectivity index (χ2v) is 6.42. The summed E-state index contributed by atoms with van der Waals surface area (Å²) < 4.78 is 3.54. The molecule has 1 saturated heterocycles. The average molecular weight is 369 g/mol. The number of carbonyl (C=O) groups is 1. The fourth-order valence-corrected chi connectivity index (χ4v) is 3.58. The van der Waals surface area contributed by atoms with E-state index < -0.39 is 0 Å². The first kappa shape index (κ1) is 19.0. The fraction of sp³-hybridized carbons (Fsp3) is 0.526. The highest BCUT2D eigenvalue weighted by Gasteiger charge is 2.28. The Hall–Kier alpha value is -2.77. The van der Waals surface area contributed by atoms with Crippen LogP contribution < -0.4 is 0 Å². The Morgan fingerprint density at radius 2 is 2.11 bits per heavy atom. The van der Waals surface area contributed by atoms with Crippen LogP contribution >= 0.6 is 0 Å². The molecule has 3 aromatic heterocycles. The maximum Gasteiger partial charge on any atom is 0.272 e. The van der Waals surface area contributed by atoms with E-state index in [1.54, 1.807) is 21.5 Å². The summed E-state index contributed by atoms with van der Waals surface area (Å²) in [4.78, 5) is 23.4. The third kappa shape index (κ3) is 3.70. The molecule has 0 saturated carbocycles. The first-order chi connectivity index (χ1) is 13.2. The summed E-state index contributed by atoms with van der Waals surface area (Å²) in [5, 5.41) is 8.52. The number of fused-ring (bicyclic) bond motifs is 1. The van der Waals surface area contributed by atoms with Crippen molar-refractivity contribution in [3.63, 3.8) is 0 Å². The molecule has 1 amide bonds. The zero-order valence-corrected chi connectivity index (χ0v) is 16.5. The third-order valence-corrected chi connectivity index (χ3v) is 4.77. The number of aromatic nitrogens is 6. The molecule has 8 heteroatoms. The number of piperidine rings is 1.